The van der Waals surface area contributed by atoms with E-state index in [9.17, 15) is 14.4 Å². The van der Waals surface area contributed by atoms with Crippen molar-refractivity contribution in [2.45, 2.75) is 29.9 Å². The summed E-state index contributed by atoms with van der Waals surface area (Å²) in [6, 6.07) is 15.8. The molecule has 1 saturated heterocycles. The summed E-state index contributed by atoms with van der Waals surface area (Å²) in [5.74, 6) is -0.0156. The maximum Gasteiger partial charge on any atom is 0.249 e. The fourth-order valence-electron chi connectivity index (χ4n) is 3.17. The van der Waals surface area contributed by atoms with Gasteiger partial charge in [-0.1, -0.05) is 28.9 Å². The van der Waals surface area contributed by atoms with Crippen LogP contribution in [0, 0.1) is 6.92 Å². The molecule has 1 fully saturated rings. The number of nitrogens with one attached hydrogen (secondary N) is 1. The first-order valence-corrected chi connectivity index (χ1v) is 10.8. The van der Waals surface area contributed by atoms with Crippen molar-refractivity contribution in [2.75, 3.05) is 10.2 Å². The highest BCUT2D eigenvalue weighted by molar-refractivity contribution is 8.00. The average Bonchev–Trinajstić information content (AvgIpc) is 3.27. The van der Waals surface area contributed by atoms with Crippen LogP contribution < -0.4 is 10.2 Å². The first-order valence-electron chi connectivity index (χ1n) is 9.50. The van der Waals surface area contributed by atoms with E-state index in [2.05, 4.69) is 10.5 Å². The SMILES string of the molecule is Cc1cc(N2C(=O)C[C@@H](Sc3ccc(NC(=O)Cc4ccc(Cl)cc4)cc3)C2=O)no1. The van der Waals surface area contributed by atoms with Gasteiger partial charge in [-0.2, -0.15) is 0 Å². The van der Waals surface area contributed by atoms with Crippen molar-refractivity contribution in [1.82, 2.24) is 5.16 Å². The molecule has 1 aromatic heterocycles. The molecule has 3 aromatic rings. The van der Waals surface area contributed by atoms with Crippen LogP contribution in [0.5, 0.6) is 0 Å². The van der Waals surface area contributed by atoms with Crippen molar-refractivity contribution < 1.29 is 18.9 Å². The molecule has 0 aliphatic carbocycles. The lowest BCUT2D eigenvalue weighted by molar-refractivity contribution is -0.121. The number of carbonyl (C=O) groups is 3. The van der Waals surface area contributed by atoms with Crippen molar-refractivity contribution in [1.29, 1.82) is 0 Å². The van der Waals surface area contributed by atoms with Crippen molar-refractivity contribution in [3.8, 4) is 0 Å². The van der Waals surface area contributed by atoms with E-state index in [1.165, 1.54) is 11.8 Å². The van der Waals surface area contributed by atoms with E-state index in [-0.39, 0.29) is 36.4 Å². The molecule has 0 unspecified atom stereocenters. The summed E-state index contributed by atoms with van der Waals surface area (Å²) in [5.41, 5.74) is 1.52. The van der Waals surface area contributed by atoms with Gasteiger partial charge in [0, 0.05) is 28.1 Å². The normalized spacial score (nSPS) is 16.1. The van der Waals surface area contributed by atoms with E-state index >= 15 is 0 Å². The summed E-state index contributed by atoms with van der Waals surface area (Å²) in [4.78, 5) is 39.1. The van der Waals surface area contributed by atoms with E-state index in [1.54, 1.807) is 37.3 Å². The fourth-order valence-corrected chi connectivity index (χ4v) is 4.35. The fraction of sp³-hybridized carbons (Fsp3) is 0.182. The molecule has 2 aromatic carbocycles. The van der Waals surface area contributed by atoms with Gasteiger partial charge in [-0.25, -0.2) is 4.90 Å². The average molecular weight is 456 g/mol. The highest BCUT2D eigenvalue weighted by Crippen LogP contribution is 2.34. The number of carbonyl (C=O) groups excluding carboxylic acids is 3. The number of imide groups is 1. The monoisotopic (exact) mass is 455 g/mol. The van der Waals surface area contributed by atoms with Gasteiger partial charge in [0.25, 0.3) is 0 Å². The van der Waals surface area contributed by atoms with E-state index in [0.717, 1.165) is 15.4 Å². The molecular formula is C22H18ClN3O4S. The van der Waals surface area contributed by atoms with E-state index in [1.807, 2.05) is 24.3 Å². The number of anilines is 2. The third-order valence-electron chi connectivity index (χ3n) is 4.64. The molecule has 1 N–H and O–H groups in total. The number of aromatic nitrogens is 1. The topological polar surface area (TPSA) is 92.5 Å². The lowest BCUT2D eigenvalue weighted by atomic mass is 10.1. The van der Waals surface area contributed by atoms with Crippen LogP contribution in [-0.2, 0) is 20.8 Å². The third kappa shape index (κ3) is 4.98. The van der Waals surface area contributed by atoms with Crippen LogP contribution in [0.15, 0.2) is 64.0 Å². The maximum absolute atomic E-state index is 12.7. The molecule has 0 saturated carbocycles. The van der Waals surface area contributed by atoms with Gasteiger partial charge in [0.1, 0.15) is 5.76 Å². The van der Waals surface area contributed by atoms with Crippen LogP contribution in [0.2, 0.25) is 5.02 Å². The van der Waals surface area contributed by atoms with Crippen LogP contribution in [-0.4, -0.2) is 28.1 Å². The highest BCUT2D eigenvalue weighted by atomic mass is 35.5. The number of nitrogens with zero attached hydrogens (tertiary/aromatic N) is 2. The number of rotatable bonds is 6. The Morgan fingerprint density at radius 3 is 2.55 bits per heavy atom. The van der Waals surface area contributed by atoms with Gasteiger partial charge in [0.2, 0.25) is 17.7 Å². The van der Waals surface area contributed by atoms with Gasteiger partial charge in [0.05, 0.1) is 11.7 Å². The first-order chi connectivity index (χ1) is 14.9. The van der Waals surface area contributed by atoms with Gasteiger partial charge in [-0.3, -0.25) is 14.4 Å². The first kappa shape index (κ1) is 21.1. The zero-order chi connectivity index (χ0) is 22.0. The number of hydrogen-bond donors (Lipinski definition) is 1. The Morgan fingerprint density at radius 2 is 1.90 bits per heavy atom. The van der Waals surface area contributed by atoms with Crippen molar-refractivity contribution in [3.05, 3.63) is 70.9 Å². The lowest BCUT2D eigenvalue weighted by Gasteiger charge is -2.11. The van der Waals surface area contributed by atoms with Gasteiger partial charge < -0.3 is 9.84 Å². The Kier molecular flexibility index (Phi) is 6.11. The van der Waals surface area contributed by atoms with Crippen LogP contribution in [0.3, 0.4) is 0 Å². The van der Waals surface area contributed by atoms with E-state index in [0.29, 0.717) is 16.5 Å². The van der Waals surface area contributed by atoms with Crippen LogP contribution in [0.4, 0.5) is 11.5 Å². The van der Waals surface area contributed by atoms with Crippen LogP contribution in [0.25, 0.3) is 0 Å². The summed E-state index contributed by atoms with van der Waals surface area (Å²) in [6.45, 7) is 1.70. The zero-order valence-corrected chi connectivity index (χ0v) is 18.1. The Balaban J connectivity index is 1.35. The molecule has 1 aliphatic rings. The van der Waals surface area contributed by atoms with Crippen LogP contribution >= 0.6 is 23.4 Å². The Labute approximate surface area is 187 Å². The molecule has 3 amide bonds. The predicted molar refractivity (Wildman–Crippen MR) is 118 cm³/mol. The van der Waals surface area contributed by atoms with Crippen LogP contribution in [0.1, 0.15) is 17.7 Å². The number of thioether (sulfide) groups is 1. The van der Waals surface area contributed by atoms with Crippen molar-refractivity contribution in [3.63, 3.8) is 0 Å². The zero-order valence-electron chi connectivity index (χ0n) is 16.5. The number of amides is 3. The van der Waals surface area contributed by atoms with Gasteiger partial charge in [0.15, 0.2) is 5.82 Å². The van der Waals surface area contributed by atoms with Crippen molar-refractivity contribution >= 4 is 52.6 Å². The number of hydrogen-bond acceptors (Lipinski definition) is 6. The molecule has 0 radical (unpaired) electrons. The van der Waals surface area contributed by atoms with Gasteiger partial charge in [-0.15, -0.1) is 11.8 Å². The standard InChI is InChI=1S/C22H18ClN3O4S/c1-13-10-19(25-30-13)26-21(28)12-18(22(26)29)31-17-8-6-16(7-9-17)24-20(27)11-14-2-4-15(23)5-3-14/h2-10,18H,11-12H2,1H3,(H,24,27)/t18-/m1/s1. The largest absolute Gasteiger partial charge is 0.360 e. The molecule has 2 heterocycles. The third-order valence-corrected chi connectivity index (χ3v) is 6.09. The number of aryl methyl sites for hydroxylation is 1. The minimum Gasteiger partial charge on any atom is -0.360 e. The van der Waals surface area contributed by atoms with E-state index < -0.39 is 5.25 Å². The Bertz CT molecular complexity index is 1130. The summed E-state index contributed by atoms with van der Waals surface area (Å²) >= 11 is 7.16. The van der Waals surface area contributed by atoms with Gasteiger partial charge >= 0.3 is 0 Å². The highest BCUT2D eigenvalue weighted by Gasteiger charge is 2.41. The van der Waals surface area contributed by atoms with Gasteiger partial charge in [-0.05, 0) is 48.9 Å². The molecule has 4 rings (SSSR count). The second kappa shape index (κ2) is 8.95. The molecule has 31 heavy (non-hydrogen) atoms. The smallest absolute Gasteiger partial charge is 0.249 e. The molecule has 0 bridgehead atoms. The predicted octanol–water partition coefficient (Wildman–Crippen LogP) is 4.24. The molecule has 7 nitrogen and oxygen atoms in total. The molecule has 158 valence electrons. The minimum absolute atomic E-state index is 0.0922. The van der Waals surface area contributed by atoms with E-state index in [4.69, 9.17) is 16.1 Å². The second-order valence-electron chi connectivity index (χ2n) is 7.05. The lowest BCUT2D eigenvalue weighted by Crippen LogP contribution is -2.31. The second-order valence-corrected chi connectivity index (χ2v) is 8.76. The number of benzene rings is 2. The Morgan fingerprint density at radius 1 is 1.19 bits per heavy atom. The Hall–Kier alpha value is -3.10. The minimum atomic E-state index is -0.533. The summed E-state index contributed by atoms with van der Waals surface area (Å²) in [7, 11) is 0. The molecule has 1 atom stereocenters. The quantitative estimate of drug-likeness (QED) is 0.559. The molecule has 9 heteroatoms. The molecule has 0 spiro atoms. The molecular weight excluding hydrogens is 438 g/mol. The molecule has 1 aliphatic heterocycles. The summed E-state index contributed by atoms with van der Waals surface area (Å²) in [5, 5.41) is 6.70. The maximum atomic E-state index is 12.7. The summed E-state index contributed by atoms with van der Waals surface area (Å²) < 4.78 is 4.97. The van der Waals surface area contributed by atoms with Crippen molar-refractivity contribution in [2.24, 2.45) is 0 Å². The summed E-state index contributed by atoms with van der Waals surface area (Å²) in [6.07, 6.45) is 0.332. The number of halogens is 1.